The molecule has 1 saturated heterocycles. The number of amides is 1. The lowest BCUT2D eigenvalue weighted by atomic mass is 10.1. The van der Waals surface area contributed by atoms with E-state index in [0.717, 1.165) is 18.9 Å². The van der Waals surface area contributed by atoms with Crippen LogP contribution in [0.25, 0.3) is 0 Å². The van der Waals surface area contributed by atoms with Crippen molar-refractivity contribution >= 4 is 33.2 Å². The molecule has 0 spiro atoms. The number of para-hydroxylation sites is 1. The molecule has 1 atom stereocenters. The smallest absolute Gasteiger partial charge is 0.376 e. The number of alkyl halides is 3. The summed E-state index contributed by atoms with van der Waals surface area (Å²) in [6.07, 6.45) is -3.15. The van der Waals surface area contributed by atoms with Gasteiger partial charge in [-0.05, 0) is 43.2 Å². The molecule has 0 bridgehead atoms. The summed E-state index contributed by atoms with van der Waals surface area (Å²) in [6.45, 7) is 0.883. The number of carbonyl (C=O) groups excluding carboxylic acids is 1. The summed E-state index contributed by atoms with van der Waals surface area (Å²) in [6, 6.07) is 7.76. The number of hydrogen-bond donors (Lipinski definition) is 2. The van der Waals surface area contributed by atoms with Crippen molar-refractivity contribution in [3.8, 4) is 0 Å². The van der Waals surface area contributed by atoms with Crippen molar-refractivity contribution in [1.82, 2.24) is 5.32 Å². The van der Waals surface area contributed by atoms with Gasteiger partial charge in [-0.1, -0.05) is 23.7 Å². The third-order valence-electron chi connectivity index (χ3n) is 4.48. The molecule has 1 amide bonds. The van der Waals surface area contributed by atoms with Crippen LogP contribution in [0.5, 0.6) is 0 Å². The van der Waals surface area contributed by atoms with Gasteiger partial charge in [0.25, 0.3) is 15.9 Å². The number of anilines is 1. The van der Waals surface area contributed by atoms with Crippen molar-refractivity contribution in [3.63, 3.8) is 0 Å². The molecule has 0 aliphatic carbocycles. The maximum absolute atomic E-state index is 13.0. The van der Waals surface area contributed by atoms with Crippen LogP contribution in [0.2, 0.25) is 5.02 Å². The van der Waals surface area contributed by atoms with Gasteiger partial charge in [-0.25, -0.2) is 8.42 Å². The highest BCUT2D eigenvalue weighted by Crippen LogP contribution is 2.34. The lowest BCUT2D eigenvalue weighted by Gasteiger charge is -2.16. The normalized spacial score (nSPS) is 17.0. The van der Waals surface area contributed by atoms with Crippen LogP contribution in [-0.2, 0) is 20.9 Å². The van der Waals surface area contributed by atoms with Gasteiger partial charge in [-0.3, -0.25) is 9.52 Å². The van der Waals surface area contributed by atoms with E-state index < -0.39 is 32.6 Å². The van der Waals surface area contributed by atoms with Crippen LogP contribution in [-0.4, -0.2) is 33.6 Å². The molecule has 1 unspecified atom stereocenters. The second-order valence-corrected chi connectivity index (χ2v) is 8.70. The quantitative estimate of drug-likeness (QED) is 0.677. The Balaban J connectivity index is 1.85. The molecule has 11 heteroatoms. The largest absolute Gasteiger partial charge is 0.416 e. The highest BCUT2D eigenvalue weighted by molar-refractivity contribution is 7.92. The molecule has 162 valence electrons. The van der Waals surface area contributed by atoms with E-state index in [-0.39, 0.29) is 28.9 Å². The maximum atomic E-state index is 13.0. The van der Waals surface area contributed by atoms with Crippen molar-refractivity contribution < 1.29 is 31.1 Å². The minimum Gasteiger partial charge on any atom is -0.376 e. The van der Waals surface area contributed by atoms with Gasteiger partial charge in [-0.15, -0.1) is 0 Å². The van der Waals surface area contributed by atoms with Gasteiger partial charge < -0.3 is 10.1 Å². The molecule has 1 aliphatic rings. The molecule has 0 aromatic heterocycles. The molecule has 6 nitrogen and oxygen atoms in total. The summed E-state index contributed by atoms with van der Waals surface area (Å²) in [7, 11) is -4.50. The number of hydrogen-bond acceptors (Lipinski definition) is 4. The molecule has 3 rings (SSSR count). The van der Waals surface area contributed by atoms with Crippen molar-refractivity contribution in [2.45, 2.75) is 30.0 Å². The lowest BCUT2D eigenvalue weighted by Crippen LogP contribution is -2.32. The van der Waals surface area contributed by atoms with E-state index in [4.69, 9.17) is 16.3 Å². The third kappa shape index (κ3) is 5.24. The highest BCUT2D eigenvalue weighted by atomic mass is 35.5. The summed E-state index contributed by atoms with van der Waals surface area (Å²) < 4.78 is 72.0. The van der Waals surface area contributed by atoms with Gasteiger partial charge in [-0.2, -0.15) is 13.2 Å². The SMILES string of the molecule is O=C(NCC1CCCO1)c1ccccc1NS(=O)(=O)c1cc(C(F)(F)F)ccc1Cl. The van der Waals surface area contributed by atoms with Crippen molar-refractivity contribution in [3.05, 3.63) is 58.6 Å². The molecule has 1 fully saturated rings. The van der Waals surface area contributed by atoms with Crippen molar-refractivity contribution in [2.75, 3.05) is 17.9 Å². The number of halogens is 4. The van der Waals surface area contributed by atoms with Crippen LogP contribution < -0.4 is 10.0 Å². The first-order valence-corrected chi connectivity index (χ1v) is 10.8. The van der Waals surface area contributed by atoms with Crippen LogP contribution >= 0.6 is 11.6 Å². The van der Waals surface area contributed by atoms with E-state index in [9.17, 15) is 26.4 Å². The minimum atomic E-state index is -4.74. The van der Waals surface area contributed by atoms with Gasteiger partial charge in [0.2, 0.25) is 0 Å². The molecule has 2 aromatic rings. The predicted molar refractivity (Wildman–Crippen MR) is 105 cm³/mol. The Kier molecular flexibility index (Phi) is 6.59. The van der Waals surface area contributed by atoms with Crippen LogP contribution in [0.1, 0.15) is 28.8 Å². The van der Waals surface area contributed by atoms with Crippen molar-refractivity contribution in [1.29, 1.82) is 0 Å². The van der Waals surface area contributed by atoms with E-state index in [0.29, 0.717) is 18.7 Å². The average Bonchev–Trinajstić information content (AvgIpc) is 3.19. The number of nitrogens with one attached hydrogen (secondary N) is 2. The van der Waals surface area contributed by atoms with Crippen LogP contribution in [0.3, 0.4) is 0 Å². The zero-order valence-electron chi connectivity index (χ0n) is 15.5. The molecule has 30 heavy (non-hydrogen) atoms. The monoisotopic (exact) mass is 462 g/mol. The van der Waals surface area contributed by atoms with Crippen molar-refractivity contribution in [2.24, 2.45) is 0 Å². The molecule has 1 aliphatic heterocycles. The number of ether oxygens (including phenoxy) is 1. The molecular formula is C19H18ClF3N2O4S. The fourth-order valence-electron chi connectivity index (χ4n) is 2.96. The van der Waals surface area contributed by atoms with Gasteiger partial charge in [0.05, 0.1) is 27.9 Å². The summed E-state index contributed by atoms with van der Waals surface area (Å²) in [5.74, 6) is -0.543. The number of sulfonamides is 1. The zero-order chi connectivity index (χ0) is 21.9. The summed E-state index contributed by atoms with van der Waals surface area (Å²) >= 11 is 5.84. The van der Waals surface area contributed by atoms with E-state index in [1.54, 1.807) is 0 Å². The molecule has 0 radical (unpaired) electrons. The fourth-order valence-corrected chi connectivity index (χ4v) is 4.57. The molecule has 2 N–H and O–H groups in total. The van der Waals surface area contributed by atoms with Gasteiger partial charge in [0, 0.05) is 13.2 Å². The first-order valence-electron chi connectivity index (χ1n) is 8.96. The Labute approximate surface area is 176 Å². The first kappa shape index (κ1) is 22.4. The summed E-state index contributed by atoms with van der Waals surface area (Å²) in [4.78, 5) is 11.8. The Morgan fingerprint density at radius 2 is 1.93 bits per heavy atom. The Bertz CT molecular complexity index is 1040. The Morgan fingerprint density at radius 1 is 1.20 bits per heavy atom. The molecule has 2 aromatic carbocycles. The highest BCUT2D eigenvalue weighted by Gasteiger charge is 2.33. The first-order chi connectivity index (χ1) is 14.1. The second kappa shape index (κ2) is 8.83. The zero-order valence-corrected chi connectivity index (χ0v) is 17.1. The second-order valence-electron chi connectivity index (χ2n) is 6.64. The van der Waals surface area contributed by atoms with E-state index in [2.05, 4.69) is 10.0 Å². The third-order valence-corrected chi connectivity index (χ3v) is 6.33. The van der Waals surface area contributed by atoms with Gasteiger partial charge in [0.15, 0.2) is 0 Å². The number of benzene rings is 2. The van der Waals surface area contributed by atoms with E-state index >= 15 is 0 Å². The van der Waals surface area contributed by atoms with E-state index in [1.807, 2.05) is 0 Å². The standard InChI is InChI=1S/C19H18ClF3N2O4S/c20-15-8-7-12(19(21,22)23)10-17(15)30(27,28)25-16-6-2-1-5-14(16)18(26)24-11-13-4-3-9-29-13/h1-2,5-8,10,13,25H,3-4,9,11H2,(H,24,26). The van der Waals surface area contributed by atoms with Crippen LogP contribution in [0, 0.1) is 0 Å². The van der Waals surface area contributed by atoms with Crippen LogP contribution in [0.4, 0.5) is 18.9 Å². The van der Waals surface area contributed by atoms with Gasteiger partial charge in [0.1, 0.15) is 4.90 Å². The Hall–Kier alpha value is -2.30. The topological polar surface area (TPSA) is 84.5 Å². The lowest BCUT2D eigenvalue weighted by molar-refractivity contribution is -0.137. The number of carbonyl (C=O) groups is 1. The van der Waals surface area contributed by atoms with Crippen LogP contribution in [0.15, 0.2) is 47.4 Å². The fraction of sp³-hybridized carbons (Fsp3) is 0.316. The number of rotatable bonds is 6. The van der Waals surface area contributed by atoms with E-state index in [1.165, 1.54) is 24.3 Å². The molecule has 0 saturated carbocycles. The minimum absolute atomic E-state index is 0.0159. The predicted octanol–water partition coefficient (Wildman–Crippen LogP) is 4.07. The summed E-state index contributed by atoms with van der Waals surface area (Å²) in [5, 5.41) is 2.29. The summed E-state index contributed by atoms with van der Waals surface area (Å²) in [5.41, 5.74) is -1.23. The molecule has 1 heterocycles. The maximum Gasteiger partial charge on any atom is 0.416 e. The molecular weight excluding hydrogens is 445 g/mol. The van der Waals surface area contributed by atoms with Gasteiger partial charge >= 0.3 is 6.18 Å². The average molecular weight is 463 g/mol. The Morgan fingerprint density at radius 3 is 2.60 bits per heavy atom.